The van der Waals surface area contributed by atoms with Crippen molar-refractivity contribution < 1.29 is 9.53 Å². The maximum atomic E-state index is 11.4. The maximum absolute atomic E-state index is 11.4. The molecule has 0 amide bonds. The van der Waals surface area contributed by atoms with E-state index < -0.39 is 0 Å². The molecule has 8 heteroatoms. The Morgan fingerprint density at radius 2 is 1.65 bits per heavy atom. The van der Waals surface area contributed by atoms with Crippen LogP contribution in [0.2, 0.25) is 10.0 Å². The Hall–Kier alpha value is -1.47. The van der Waals surface area contributed by atoms with Gasteiger partial charge in [-0.3, -0.25) is 0 Å². The molecule has 0 aliphatic carbocycles. The summed E-state index contributed by atoms with van der Waals surface area (Å²) < 4.78 is 6.35. The molecule has 26 heavy (non-hydrogen) atoms. The molecule has 0 aliphatic heterocycles. The predicted octanol–water partition coefficient (Wildman–Crippen LogP) is 6.95. The Labute approximate surface area is 176 Å². The highest BCUT2D eigenvalue weighted by Crippen LogP contribution is 2.30. The molecule has 0 atom stereocenters. The molecule has 4 rings (SSSR count). The molecule has 0 aliphatic rings. The van der Waals surface area contributed by atoms with E-state index in [4.69, 9.17) is 23.2 Å². The molecule has 0 unspecified atom stereocenters. The number of fused-ring (bicyclic) bond motifs is 2. The number of aromatic amines is 2. The van der Waals surface area contributed by atoms with Gasteiger partial charge >= 0.3 is 5.97 Å². The molecule has 0 fully saturated rings. The highest BCUT2D eigenvalue weighted by atomic mass is 79.9. The zero-order valence-electron chi connectivity index (χ0n) is 13.4. The summed E-state index contributed by atoms with van der Waals surface area (Å²) in [6, 6.07) is 9.46. The summed E-state index contributed by atoms with van der Waals surface area (Å²) in [5.74, 6) is -0.365. The summed E-state index contributed by atoms with van der Waals surface area (Å²) in [6.45, 7) is 0. The van der Waals surface area contributed by atoms with Gasteiger partial charge in [0, 0.05) is 43.1 Å². The van der Waals surface area contributed by atoms with Gasteiger partial charge in [-0.2, -0.15) is 0 Å². The van der Waals surface area contributed by atoms with Crippen molar-refractivity contribution in [2.24, 2.45) is 0 Å². The van der Waals surface area contributed by atoms with E-state index >= 15 is 0 Å². The Kier molecular flexibility index (Phi) is 5.97. The van der Waals surface area contributed by atoms with Crippen molar-refractivity contribution in [1.82, 2.24) is 9.97 Å². The molecular formula is C18H12Br2Cl2N2O2. The lowest BCUT2D eigenvalue weighted by Gasteiger charge is -1.99. The van der Waals surface area contributed by atoms with Crippen LogP contribution in [-0.4, -0.2) is 23.0 Å². The molecule has 0 saturated heterocycles. The molecule has 4 aromatic rings. The van der Waals surface area contributed by atoms with Gasteiger partial charge in [-0.1, -0.05) is 23.2 Å². The molecule has 0 spiro atoms. The number of ether oxygens (including phenoxy) is 1. The van der Waals surface area contributed by atoms with Gasteiger partial charge in [-0.25, -0.2) is 4.79 Å². The lowest BCUT2D eigenvalue weighted by molar-refractivity contribution is 0.0603. The highest BCUT2D eigenvalue weighted by Gasteiger charge is 2.13. The number of halogens is 4. The lowest BCUT2D eigenvalue weighted by Crippen LogP contribution is -1.99. The van der Waals surface area contributed by atoms with Crippen LogP contribution in [0, 0.1) is 0 Å². The van der Waals surface area contributed by atoms with Gasteiger partial charge in [0.05, 0.1) is 22.7 Å². The number of carbonyl (C=O) groups is 1. The first kappa shape index (κ1) is 19.3. The van der Waals surface area contributed by atoms with Gasteiger partial charge in [-0.15, -0.1) is 0 Å². The van der Waals surface area contributed by atoms with E-state index in [0.717, 1.165) is 30.4 Å². The standard InChI is InChI=1S/C10H7BrClNO2.C8H5BrClN/c1-15-10(14)6-4-13-9-3-8(12)7(11)2-5(6)9;9-6-3-5-1-2-11-8(5)4-7(6)10/h2-4,13H,1H3;1-4,11H. The number of benzene rings is 2. The fourth-order valence-corrected chi connectivity index (χ4v) is 3.47. The number of hydrogen-bond acceptors (Lipinski definition) is 2. The first-order chi connectivity index (χ1) is 12.4. The first-order valence-electron chi connectivity index (χ1n) is 7.37. The molecule has 2 N–H and O–H groups in total. The van der Waals surface area contributed by atoms with E-state index in [-0.39, 0.29) is 5.97 Å². The molecule has 2 heterocycles. The Bertz CT molecular complexity index is 1070. The number of aromatic nitrogens is 2. The van der Waals surface area contributed by atoms with Gasteiger partial charge in [0.1, 0.15) is 0 Å². The molecule has 0 bridgehead atoms. The minimum atomic E-state index is -0.365. The number of esters is 1. The third-order valence-electron chi connectivity index (χ3n) is 3.72. The van der Waals surface area contributed by atoms with Crippen molar-refractivity contribution in [3.05, 3.63) is 67.3 Å². The van der Waals surface area contributed by atoms with E-state index in [2.05, 4.69) is 46.6 Å². The quantitative estimate of drug-likeness (QED) is 0.268. The van der Waals surface area contributed by atoms with E-state index in [1.54, 1.807) is 18.3 Å². The molecule has 4 nitrogen and oxygen atoms in total. The smallest absolute Gasteiger partial charge is 0.340 e. The van der Waals surface area contributed by atoms with Crippen LogP contribution < -0.4 is 0 Å². The third kappa shape index (κ3) is 3.93. The summed E-state index contributed by atoms with van der Waals surface area (Å²) >= 11 is 18.5. The first-order valence-corrected chi connectivity index (χ1v) is 9.71. The zero-order chi connectivity index (χ0) is 18.8. The largest absolute Gasteiger partial charge is 0.465 e. The maximum Gasteiger partial charge on any atom is 0.340 e. The molecule has 2 aromatic carbocycles. The van der Waals surface area contributed by atoms with Crippen LogP contribution in [0.25, 0.3) is 21.8 Å². The van der Waals surface area contributed by atoms with Crippen molar-refractivity contribution in [2.45, 2.75) is 0 Å². The molecular weight excluding hydrogens is 507 g/mol. The van der Waals surface area contributed by atoms with Gasteiger partial charge < -0.3 is 14.7 Å². The number of methoxy groups -OCH3 is 1. The fraction of sp³-hybridized carbons (Fsp3) is 0.0556. The third-order valence-corrected chi connectivity index (χ3v) is 6.12. The van der Waals surface area contributed by atoms with Gasteiger partial charge in [0.15, 0.2) is 0 Å². The number of nitrogens with one attached hydrogen (secondary N) is 2. The van der Waals surface area contributed by atoms with Crippen LogP contribution in [0.3, 0.4) is 0 Å². The van der Waals surface area contributed by atoms with Crippen LogP contribution in [0.5, 0.6) is 0 Å². The molecule has 2 aromatic heterocycles. The number of hydrogen-bond donors (Lipinski definition) is 2. The van der Waals surface area contributed by atoms with Gasteiger partial charge in [0.25, 0.3) is 0 Å². The summed E-state index contributed by atoms with van der Waals surface area (Å²) in [6.07, 6.45) is 3.51. The molecule has 0 radical (unpaired) electrons. The van der Waals surface area contributed by atoms with Crippen LogP contribution in [0.15, 0.2) is 51.7 Å². The van der Waals surface area contributed by atoms with E-state index in [1.165, 1.54) is 12.5 Å². The van der Waals surface area contributed by atoms with E-state index in [9.17, 15) is 4.79 Å². The van der Waals surface area contributed by atoms with Crippen molar-refractivity contribution in [3.8, 4) is 0 Å². The second-order valence-electron chi connectivity index (χ2n) is 5.34. The predicted molar refractivity (Wildman–Crippen MR) is 113 cm³/mol. The summed E-state index contributed by atoms with van der Waals surface area (Å²) in [5, 5.41) is 3.29. The van der Waals surface area contributed by atoms with Crippen molar-refractivity contribution in [3.63, 3.8) is 0 Å². The normalized spacial score (nSPS) is 10.7. The second-order valence-corrected chi connectivity index (χ2v) is 7.86. The lowest BCUT2D eigenvalue weighted by atomic mass is 10.2. The average molecular weight is 519 g/mol. The monoisotopic (exact) mass is 516 g/mol. The fourth-order valence-electron chi connectivity index (χ4n) is 2.44. The highest BCUT2D eigenvalue weighted by molar-refractivity contribution is 9.10. The second kappa shape index (κ2) is 8.05. The summed E-state index contributed by atoms with van der Waals surface area (Å²) in [7, 11) is 1.35. The van der Waals surface area contributed by atoms with Gasteiger partial charge in [-0.05, 0) is 62.2 Å². The van der Waals surface area contributed by atoms with Crippen molar-refractivity contribution in [1.29, 1.82) is 0 Å². The molecule has 134 valence electrons. The number of carbonyl (C=O) groups excluding carboxylic acids is 1. The summed E-state index contributed by atoms with van der Waals surface area (Å²) in [5.41, 5.74) is 2.38. The number of H-pyrrole nitrogens is 2. The summed E-state index contributed by atoms with van der Waals surface area (Å²) in [4.78, 5) is 17.4. The molecule has 0 saturated carbocycles. The SMILES string of the molecule is COC(=O)c1c[nH]c2cc(Cl)c(Br)cc12.Clc1cc2[nH]ccc2cc1Br. The number of rotatable bonds is 1. The van der Waals surface area contributed by atoms with Crippen molar-refractivity contribution >= 4 is 82.8 Å². The van der Waals surface area contributed by atoms with Crippen LogP contribution in [-0.2, 0) is 4.74 Å². The Morgan fingerprint density at radius 3 is 2.35 bits per heavy atom. The minimum Gasteiger partial charge on any atom is -0.465 e. The van der Waals surface area contributed by atoms with E-state index in [1.807, 2.05) is 24.4 Å². The van der Waals surface area contributed by atoms with Crippen LogP contribution in [0.4, 0.5) is 0 Å². The Morgan fingerprint density at radius 1 is 1.00 bits per heavy atom. The van der Waals surface area contributed by atoms with Gasteiger partial charge in [0.2, 0.25) is 0 Å². The Balaban J connectivity index is 0.000000158. The average Bonchev–Trinajstić information content (AvgIpc) is 3.22. The van der Waals surface area contributed by atoms with Crippen LogP contribution in [0.1, 0.15) is 10.4 Å². The topological polar surface area (TPSA) is 57.9 Å². The van der Waals surface area contributed by atoms with Crippen LogP contribution >= 0.6 is 55.1 Å². The van der Waals surface area contributed by atoms with E-state index in [0.29, 0.717) is 10.6 Å². The zero-order valence-corrected chi connectivity index (χ0v) is 18.1. The minimum absolute atomic E-state index is 0.365. The van der Waals surface area contributed by atoms with Crippen molar-refractivity contribution in [2.75, 3.05) is 7.11 Å².